The van der Waals surface area contributed by atoms with Crippen LogP contribution in [0, 0.1) is 4.91 Å². The maximum absolute atomic E-state index is 11.2. The molecule has 5 heteroatoms. The number of rotatable bonds is 3. The lowest BCUT2D eigenvalue weighted by Gasteiger charge is -2.19. The van der Waals surface area contributed by atoms with Gasteiger partial charge in [0.2, 0.25) is 6.54 Å². The zero-order valence-electron chi connectivity index (χ0n) is 10.2. The van der Waals surface area contributed by atoms with E-state index < -0.39 is 5.60 Å². The molecule has 0 aliphatic carbocycles. The molecule has 0 saturated carbocycles. The van der Waals surface area contributed by atoms with Gasteiger partial charge in [0.25, 0.3) is 6.73 Å². The van der Waals surface area contributed by atoms with Gasteiger partial charge in [-0.1, -0.05) is 6.07 Å². The van der Waals surface area contributed by atoms with E-state index in [0.29, 0.717) is 18.0 Å². The SMILES string of the molecule is COc1ccc(C2(C)C[N+](=O)CO2)cc1OC. The largest absolute Gasteiger partial charge is 0.493 e. The molecule has 1 unspecified atom stereocenters. The molecule has 5 nitrogen and oxygen atoms in total. The smallest absolute Gasteiger partial charge is 0.296 e. The van der Waals surface area contributed by atoms with Gasteiger partial charge >= 0.3 is 0 Å². The minimum atomic E-state index is -0.582. The van der Waals surface area contributed by atoms with Crippen molar-refractivity contribution in [3.05, 3.63) is 28.7 Å². The Hall–Kier alpha value is -1.62. The fourth-order valence-corrected chi connectivity index (χ4v) is 1.98. The molecule has 1 aromatic rings. The van der Waals surface area contributed by atoms with Crippen molar-refractivity contribution in [2.45, 2.75) is 12.5 Å². The minimum Gasteiger partial charge on any atom is -0.493 e. The van der Waals surface area contributed by atoms with Crippen molar-refractivity contribution in [3.63, 3.8) is 0 Å². The van der Waals surface area contributed by atoms with Gasteiger partial charge in [-0.3, -0.25) is 0 Å². The lowest BCUT2D eigenvalue weighted by molar-refractivity contribution is -0.546. The molecule has 1 aliphatic heterocycles. The van der Waals surface area contributed by atoms with Crippen molar-refractivity contribution in [1.29, 1.82) is 0 Å². The van der Waals surface area contributed by atoms with Gasteiger partial charge in [0.15, 0.2) is 17.1 Å². The van der Waals surface area contributed by atoms with Crippen LogP contribution in [0.3, 0.4) is 0 Å². The van der Waals surface area contributed by atoms with Gasteiger partial charge in [-0.15, -0.1) is 0 Å². The van der Waals surface area contributed by atoms with Crippen molar-refractivity contribution < 1.29 is 19.0 Å². The molecule has 1 aromatic carbocycles. The standard InChI is InChI=1S/C12H16NO4/c1-12(7-13(14)8-17-12)9-4-5-10(15-2)11(6-9)16-3/h4-6H,7-8H2,1-3H3/q+1. The molecule has 0 N–H and O–H groups in total. The van der Waals surface area contributed by atoms with Gasteiger partial charge in [-0.05, 0) is 24.6 Å². The van der Waals surface area contributed by atoms with Gasteiger partial charge in [-0.2, -0.15) is 0 Å². The van der Waals surface area contributed by atoms with Crippen LogP contribution in [0.5, 0.6) is 11.5 Å². The Kier molecular flexibility index (Phi) is 3.02. The highest BCUT2D eigenvalue weighted by atomic mass is 16.5. The Morgan fingerprint density at radius 2 is 2.00 bits per heavy atom. The molecule has 1 saturated heterocycles. The molecule has 1 atom stereocenters. The second-order valence-corrected chi connectivity index (χ2v) is 4.21. The van der Waals surface area contributed by atoms with Crippen LogP contribution < -0.4 is 9.47 Å². The summed E-state index contributed by atoms with van der Waals surface area (Å²) in [7, 11) is 3.17. The first kappa shape index (κ1) is 11.9. The average Bonchev–Trinajstić information content (AvgIpc) is 2.69. The average molecular weight is 238 g/mol. The van der Waals surface area contributed by atoms with Gasteiger partial charge in [0.1, 0.15) is 0 Å². The summed E-state index contributed by atoms with van der Waals surface area (Å²) in [5.41, 5.74) is 0.329. The van der Waals surface area contributed by atoms with Crippen molar-refractivity contribution in [2.75, 3.05) is 27.5 Å². The van der Waals surface area contributed by atoms with Crippen LogP contribution in [0.15, 0.2) is 18.2 Å². The lowest BCUT2D eigenvalue weighted by Crippen LogP contribution is -2.25. The fourth-order valence-electron chi connectivity index (χ4n) is 1.98. The van der Waals surface area contributed by atoms with Gasteiger partial charge in [0, 0.05) is 9.67 Å². The molecule has 0 aromatic heterocycles. The molecular formula is C12H16NO4+. The topological polar surface area (TPSA) is 47.8 Å². The van der Waals surface area contributed by atoms with Crippen molar-refractivity contribution in [1.82, 2.24) is 0 Å². The third-order valence-corrected chi connectivity index (χ3v) is 3.00. The van der Waals surface area contributed by atoms with E-state index >= 15 is 0 Å². The van der Waals surface area contributed by atoms with E-state index in [2.05, 4.69) is 0 Å². The van der Waals surface area contributed by atoms with Crippen molar-refractivity contribution in [3.8, 4) is 11.5 Å². The maximum Gasteiger partial charge on any atom is 0.296 e. The van der Waals surface area contributed by atoms with E-state index in [1.54, 1.807) is 14.2 Å². The first-order valence-corrected chi connectivity index (χ1v) is 5.37. The summed E-state index contributed by atoms with van der Waals surface area (Å²) in [5, 5.41) is 0. The van der Waals surface area contributed by atoms with Crippen LogP contribution in [-0.4, -0.2) is 32.3 Å². The first-order chi connectivity index (χ1) is 8.09. The Morgan fingerprint density at radius 1 is 1.29 bits per heavy atom. The predicted octanol–water partition coefficient (Wildman–Crippen LogP) is 1.69. The van der Waals surface area contributed by atoms with Gasteiger partial charge in [-0.25, -0.2) is 0 Å². The van der Waals surface area contributed by atoms with Crippen molar-refractivity contribution >= 4 is 0 Å². The zero-order chi connectivity index (χ0) is 12.5. The van der Waals surface area contributed by atoms with E-state index in [4.69, 9.17) is 14.2 Å². The molecule has 0 amide bonds. The van der Waals surface area contributed by atoms with E-state index in [9.17, 15) is 4.91 Å². The number of nitroso groups, excluding NO2 is 1. The van der Waals surface area contributed by atoms with E-state index in [1.165, 1.54) is 0 Å². The molecule has 0 bridgehead atoms. The molecule has 1 heterocycles. The van der Waals surface area contributed by atoms with Crippen LogP contribution >= 0.6 is 0 Å². The summed E-state index contributed by atoms with van der Waals surface area (Å²) in [6, 6.07) is 5.55. The Morgan fingerprint density at radius 3 is 2.53 bits per heavy atom. The number of methoxy groups -OCH3 is 2. The normalized spacial score (nSPS) is 23.8. The van der Waals surface area contributed by atoms with Crippen LogP contribution in [0.4, 0.5) is 0 Å². The third kappa shape index (κ3) is 2.10. The summed E-state index contributed by atoms with van der Waals surface area (Å²) >= 11 is 0. The third-order valence-electron chi connectivity index (χ3n) is 3.00. The van der Waals surface area contributed by atoms with Crippen LogP contribution in [0.2, 0.25) is 0 Å². The predicted molar refractivity (Wildman–Crippen MR) is 61.3 cm³/mol. The summed E-state index contributed by atoms with van der Waals surface area (Å²) < 4.78 is 16.8. The lowest BCUT2D eigenvalue weighted by atomic mass is 9.96. The highest BCUT2D eigenvalue weighted by molar-refractivity contribution is 5.44. The molecular weight excluding hydrogens is 222 g/mol. The van der Waals surface area contributed by atoms with Gasteiger partial charge < -0.3 is 14.2 Å². The second kappa shape index (κ2) is 4.33. The van der Waals surface area contributed by atoms with Crippen LogP contribution in [0.1, 0.15) is 12.5 Å². The monoisotopic (exact) mass is 238 g/mol. The molecule has 0 spiro atoms. The molecule has 1 fully saturated rings. The highest BCUT2D eigenvalue weighted by Gasteiger charge is 2.43. The van der Waals surface area contributed by atoms with Gasteiger partial charge in [0.05, 0.1) is 14.2 Å². The molecule has 17 heavy (non-hydrogen) atoms. The van der Waals surface area contributed by atoms with Crippen molar-refractivity contribution in [2.24, 2.45) is 0 Å². The quantitative estimate of drug-likeness (QED) is 0.752. The van der Waals surface area contributed by atoms with E-state index in [1.807, 2.05) is 25.1 Å². The number of hydrogen-bond acceptors (Lipinski definition) is 4. The summed E-state index contributed by atoms with van der Waals surface area (Å²) in [4.78, 5) is 11.2. The Bertz CT molecular complexity index is 446. The highest BCUT2D eigenvalue weighted by Crippen LogP contribution is 2.35. The summed E-state index contributed by atoms with van der Waals surface area (Å²) in [6.45, 7) is 2.32. The second-order valence-electron chi connectivity index (χ2n) is 4.21. The summed E-state index contributed by atoms with van der Waals surface area (Å²) in [6.07, 6.45) is 0. The molecule has 0 radical (unpaired) electrons. The first-order valence-electron chi connectivity index (χ1n) is 5.37. The molecule has 1 aliphatic rings. The zero-order valence-corrected chi connectivity index (χ0v) is 10.2. The number of benzene rings is 1. The number of nitrogens with zero attached hydrogens (tertiary/aromatic N) is 1. The maximum atomic E-state index is 11.2. The molecule has 2 rings (SSSR count). The van der Waals surface area contributed by atoms with E-state index in [0.717, 1.165) is 10.3 Å². The van der Waals surface area contributed by atoms with Crippen LogP contribution in [-0.2, 0) is 10.3 Å². The fraction of sp³-hybridized carbons (Fsp3) is 0.500. The number of hydrogen-bond donors (Lipinski definition) is 0. The molecule has 92 valence electrons. The van der Waals surface area contributed by atoms with E-state index in [-0.39, 0.29) is 6.73 Å². The number of ether oxygens (including phenoxy) is 3. The van der Waals surface area contributed by atoms with Crippen LogP contribution in [0.25, 0.3) is 0 Å². The minimum absolute atomic E-state index is 0.102. The Labute approximate surface area is 99.9 Å². The summed E-state index contributed by atoms with van der Waals surface area (Å²) in [5.74, 6) is 1.30. The Balaban J connectivity index is 2.36.